The Balaban J connectivity index is 2.01. The molecule has 0 fully saturated rings. The molecule has 0 radical (unpaired) electrons. The Kier molecular flexibility index (Phi) is 6.04. The number of thioether (sulfide) groups is 1. The van der Waals surface area contributed by atoms with Gasteiger partial charge in [-0.05, 0) is 44.5 Å². The number of nitrogens with one attached hydrogen (secondary N) is 2. The van der Waals surface area contributed by atoms with Crippen molar-refractivity contribution in [3.05, 3.63) is 23.8 Å². The van der Waals surface area contributed by atoms with E-state index in [0.717, 1.165) is 30.1 Å². The number of carbonyl (C=O) groups is 2. The number of benzene rings is 1. The van der Waals surface area contributed by atoms with Gasteiger partial charge < -0.3 is 10.2 Å². The van der Waals surface area contributed by atoms with Gasteiger partial charge in [0.1, 0.15) is 0 Å². The van der Waals surface area contributed by atoms with Gasteiger partial charge in [0, 0.05) is 30.2 Å². The van der Waals surface area contributed by atoms with Crippen LogP contribution in [0.2, 0.25) is 0 Å². The second-order valence-electron chi connectivity index (χ2n) is 5.12. The van der Waals surface area contributed by atoms with E-state index in [0.29, 0.717) is 17.4 Å². The van der Waals surface area contributed by atoms with Gasteiger partial charge >= 0.3 is 11.8 Å². The first-order valence-electron chi connectivity index (χ1n) is 7.70. The van der Waals surface area contributed by atoms with E-state index in [1.165, 1.54) is 11.8 Å². The van der Waals surface area contributed by atoms with Crippen LogP contribution in [0.25, 0.3) is 0 Å². The van der Waals surface area contributed by atoms with E-state index in [4.69, 9.17) is 0 Å². The lowest BCUT2D eigenvalue weighted by atomic mass is 10.1. The summed E-state index contributed by atoms with van der Waals surface area (Å²) in [6, 6.07) is 5.79. The Morgan fingerprint density at radius 3 is 2.48 bits per heavy atom. The molecule has 6 nitrogen and oxygen atoms in total. The molecule has 0 aliphatic carbocycles. The first-order chi connectivity index (χ1) is 11.0. The van der Waals surface area contributed by atoms with Crippen LogP contribution in [0.3, 0.4) is 0 Å². The molecule has 0 spiro atoms. The number of carbonyl (C=O) groups excluding carboxylic acids is 2. The lowest BCUT2D eigenvalue weighted by Gasteiger charge is -2.22. The van der Waals surface area contributed by atoms with Crippen LogP contribution in [-0.2, 0) is 9.59 Å². The van der Waals surface area contributed by atoms with Crippen LogP contribution in [0, 0.1) is 6.92 Å². The number of hydrogen-bond donors (Lipinski definition) is 2. The second-order valence-corrected chi connectivity index (χ2v) is 6.20. The van der Waals surface area contributed by atoms with Crippen molar-refractivity contribution in [2.45, 2.75) is 20.8 Å². The van der Waals surface area contributed by atoms with E-state index in [2.05, 4.69) is 34.4 Å². The fraction of sp³-hybridized carbons (Fsp3) is 0.438. The van der Waals surface area contributed by atoms with Gasteiger partial charge in [-0.3, -0.25) is 19.9 Å². The molecule has 0 atom stereocenters. The van der Waals surface area contributed by atoms with Crippen LogP contribution in [-0.4, -0.2) is 42.4 Å². The molecule has 1 aliphatic rings. The van der Waals surface area contributed by atoms with Crippen LogP contribution >= 0.6 is 11.8 Å². The molecule has 0 saturated carbocycles. The summed E-state index contributed by atoms with van der Waals surface area (Å²) in [5, 5.41) is 5.69. The summed E-state index contributed by atoms with van der Waals surface area (Å²) >= 11 is 1.44. The van der Waals surface area contributed by atoms with Crippen molar-refractivity contribution in [1.82, 2.24) is 5.32 Å². The Morgan fingerprint density at radius 1 is 1.22 bits per heavy atom. The molecule has 2 N–H and O–H groups in total. The first-order valence-corrected chi connectivity index (χ1v) is 8.68. The van der Waals surface area contributed by atoms with Gasteiger partial charge in [0.15, 0.2) is 5.17 Å². The molecular formula is C16H22N4O2S. The molecule has 7 heteroatoms. The number of amides is 2. The van der Waals surface area contributed by atoms with Gasteiger partial charge in [-0.15, -0.1) is 0 Å². The van der Waals surface area contributed by atoms with Crippen molar-refractivity contribution in [3.8, 4) is 0 Å². The van der Waals surface area contributed by atoms with Crippen LogP contribution in [0.4, 0.5) is 11.4 Å². The SMILES string of the molecule is CCN(CC)c1ccc(NC(=O)C(=O)NC2=NCCS2)c(C)c1. The summed E-state index contributed by atoms with van der Waals surface area (Å²) in [4.78, 5) is 30.2. The van der Waals surface area contributed by atoms with Gasteiger partial charge in [-0.1, -0.05) is 11.8 Å². The number of aliphatic imine (C=N–C) groups is 1. The van der Waals surface area contributed by atoms with Gasteiger partial charge in [-0.2, -0.15) is 0 Å². The first kappa shape index (κ1) is 17.3. The number of aryl methyl sites for hydroxylation is 1. The lowest BCUT2D eigenvalue weighted by Crippen LogP contribution is -2.37. The zero-order valence-corrected chi connectivity index (χ0v) is 14.5. The molecule has 0 saturated heterocycles. The molecular weight excluding hydrogens is 312 g/mol. The summed E-state index contributed by atoms with van der Waals surface area (Å²) in [7, 11) is 0. The standard InChI is InChI=1S/C16H22N4O2S/c1-4-20(5-2)12-6-7-13(11(3)10-12)18-14(21)15(22)19-16-17-8-9-23-16/h6-7,10H,4-5,8-9H2,1-3H3,(H,18,21)(H,17,19,22). The van der Waals surface area contributed by atoms with Gasteiger partial charge in [0.25, 0.3) is 0 Å². The molecule has 2 amide bonds. The zero-order chi connectivity index (χ0) is 16.8. The normalized spacial score (nSPS) is 13.4. The Morgan fingerprint density at radius 2 is 1.91 bits per heavy atom. The van der Waals surface area contributed by atoms with Gasteiger partial charge in [0.2, 0.25) is 0 Å². The molecule has 23 heavy (non-hydrogen) atoms. The molecule has 1 aromatic rings. The van der Waals surface area contributed by atoms with Crippen LogP contribution in [0.15, 0.2) is 23.2 Å². The highest BCUT2D eigenvalue weighted by atomic mass is 32.2. The highest BCUT2D eigenvalue weighted by Crippen LogP contribution is 2.22. The maximum Gasteiger partial charge on any atom is 0.315 e. The van der Waals surface area contributed by atoms with Gasteiger partial charge in [0.05, 0.1) is 6.54 Å². The smallest absolute Gasteiger partial charge is 0.315 e. The largest absolute Gasteiger partial charge is 0.372 e. The number of hydrogen-bond acceptors (Lipinski definition) is 5. The number of anilines is 2. The summed E-state index contributed by atoms with van der Waals surface area (Å²) in [5.41, 5.74) is 2.66. The molecule has 124 valence electrons. The van der Waals surface area contributed by atoms with Crippen molar-refractivity contribution in [2.24, 2.45) is 4.99 Å². The quantitative estimate of drug-likeness (QED) is 0.826. The maximum atomic E-state index is 12.0. The Bertz CT molecular complexity index is 627. The molecule has 1 heterocycles. The number of amidine groups is 1. The third kappa shape index (κ3) is 4.48. The Labute approximate surface area is 140 Å². The van der Waals surface area contributed by atoms with E-state index in [-0.39, 0.29) is 0 Å². The highest BCUT2D eigenvalue weighted by Gasteiger charge is 2.18. The molecule has 0 aromatic heterocycles. The summed E-state index contributed by atoms with van der Waals surface area (Å²) < 4.78 is 0. The van der Waals surface area contributed by atoms with E-state index in [9.17, 15) is 9.59 Å². The minimum Gasteiger partial charge on any atom is -0.372 e. The average Bonchev–Trinajstić information content (AvgIpc) is 3.04. The second kappa shape index (κ2) is 8.01. The minimum absolute atomic E-state index is 0.513. The third-order valence-electron chi connectivity index (χ3n) is 3.60. The summed E-state index contributed by atoms with van der Waals surface area (Å²) in [5.74, 6) is -0.535. The summed E-state index contributed by atoms with van der Waals surface area (Å²) in [6.45, 7) is 8.63. The third-order valence-corrected chi connectivity index (χ3v) is 4.49. The van der Waals surface area contributed by atoms with Crippen LogP contribution < -0.4 is 15.5 Å². The van der Waals surface area contributed by atoms with E-state index in [1.54, 1.807) is 0 Å². The molecule has 2 rings (SSSR count). The zero-order valence-electron chi connectivity index (χ0n) is 13.7. The number of nitrogens with zero attached hydrogens (tertiary/aromatic N) is 2. The predicted octanol–water partition coefficient (Wildman–Crippen LogP) is 2.00. The Hall–Kier alpha value is -2.02. The highest BCUT2D eigenvalue weighted by molar-refractivity contribution is 8.14. The van der Waals surface area contributed by atoms with E-state index in [1.807, 2.05) is 25.1 Å². The lowest BCUT2D eigenvalue weighted by molar-refractivity contribution is -0.135. The van der Waals surface area contributed by atoms with Crippen molar-refractivity contribution < 1.29 is 9.59 Å². The van der Waals surface area contributed by atoms with Gasteiger partial charge in [-0.25, -0.2) is 0 Å². The molecule has 0 unspecified atom stereocenters. The molecule has 1 aromatic carbocycles. The minimum atomic E-state index is -0.689. The molecule has 1 aliphatic heterocycles. The summed E-state index contributed by atoms with van der Waals surface area (Å²) in [6.07, 6.45) is 0. The number of rotatable bonds is 4. The fourth-order valence-electron chi connectivity index (χ4n) is 2.32. The van der Waals surface area contributed by atoms with E-state index < -0.39 is 11.8 Å². The van der Waals surface area contributed by atoms with E-state index >= 15 is 0 Å². The van der Waals surface area contributed by atoms with Crippen molar-refractivity contribution in [1.29, 1.82) is 0 Å². The molecule has 0 bridgehead atoms. The van der Waals surface area contributed by atoms with Crippen LogP contribution in [0.5, 0.6) is 0 Å². The predicted molar refractivity (Wildman–Crippen MR) is 96.3 cm³/mol. The van der Waals surface area contributed by atoms with Crippen LogP contribution in [0.1, 0.15) is 19.4 Å². The van der Waals surface area contributed by atoms with Crippen molar-refractivity contribution in [2.75, 3.05) is 35.6 Å². The van der Waals surface area contributed by atoms with Crippen molar-refractivity contribution in [3.63, 3.8) is 0 Å². The maximum absolute atomic E-state index is 12.0. The monoisotopic (exact) mass is 334 g/mol. The van der Waals surface area contributed by atoms with Crippen molar-refractivity contribution >= 4 is 40.1 Å². The average molecular weight is 334 g/mol. The topological polar surface area (TPSA) is 73.8 Å². The fourth-order valence-corrected chi connectivity index (χ4v) is 3.04.